The average molecular weight is 373 g/mol. The molecule has 7 nitrogen and oxygen atoms in total. The Hall–Kier alpha value is -4.18. The third kappa shape index (κ3) is 4.31. The average Bonchev–Trinajstić information content (AvgIpc) is 2.69. The number of carbonyl (C=O) groups is 1. The summed E-state index contributed by atoms with van der Waals surface area (Å²) in [5.41, 5.74) is 1.98. The van der Waals surface area contributed by atoms with Gasteiger partial charge in [-0.3, -0.25) is 14.9 Å². The molecule has 0 aliphatic carbocycles. The van der Waals surface area contributed by atoms with E-state index in [-0.39, 0.29) is 22.9 Å². The molecule has 138 valence electrons. The molecular formula is C21H15N3O4. The molecule has 1 N–H and O–H groups in total. The Morgan fingerprint density at radius 1 is 1.11 bits per heavy atom. The third-order valence-corrected chi connectivity index (χ3v) is 3.90. The number of nitro groups is 1. The van der Waals surface area contributed by atoms with Crippen molar-refractivity contribution < 1.29 is 14.5 Å². The number of hydrogen-bond acceptors (Lipinski definition) is 5. The number of nitriles is 1. The summed E-state index contributed by atoms with van der Waals surface area (Å²) in [5, 5.41) is 22.8. The quantitative estimate of drug-likeness (QED) is 0.510. The summed E-state index contributed by atoms with van der Waals surface area (Å²) in [5.74, 6) is 0.155. The SMILES string of the molecule is Cc1cccc(C(=O)Nc2ccc(Oc3ccc(C#N)cc3[N+](=O)[O-])cc2)c1. The maximum absolute atomic E-state index is 12.3. The number of amides is 1. The van der Waals surface area contributed by atoms with E-state index in [1.165, 1.54) is 12.1 Å². The van der Waals surface area contributed by atoms with E-state index in [9.17, 15) is 14.9 Å². The number of nitrogens with one attached hydrogen (secondary N) is 1. The molecule has 0 heterocycles. The predicted octanol–water partition coefficient (Wildman–Crippen LogP) is 4.82. The van der Waals surface area contributed by atoms with Crippen molar-refractivity contribution in [3.63, 3.8) is 0 Å². The first-order valence-corrected chi connectivity index (χ1v) is 8.31. The molecule has 3 rings (SSSR count). The maximum atomic E-state index is 12.3. The highest BCUT2D eigenvalue weighted by molar-refractivity contribution is 6.04. The second-order valence-corrected chi connectivity index (χ2v) is 6.00. The van der Waals surface area contributed by atoms with E-state index in [1.807, 2.05) is 25.1 Å². The number of rotatable bonds is 5. The number of nitrogens with zero attached hydrogens (tertiary/aromatic N) is 2. The topological polar surface area (TPSA) is 105 Å². The van der Waals surface area contributed by atoms with Crippen LogP contribution in [0.2, 0.25) is 0 Å². The van der Waals surface area contributed by atoms with Gasteiger partial charge in [-0.15, -0.1) is 0 Å². The molecule has 0 saturated heterocycles. The van der Waals surface area contributed by atoms with Crippen LogP contribution in [0.3, 0.4) is 0 Å². The second-order valence-electron chi connectivity index (χ2n) is 6.00. The number of benzene rings is 3. The lowest BCUT2D eigenvalue weighted by Crippen LogP contribution is -2.11. The molecule has 0 saturated carbocycles. The highest BCUT2D eigenvalue weighted by Gasteiger charge is 2.17. The van der Waals surface area contributed by atoms with Gasteiger partial charge in [0.05, 0.1) is 16.6 Å². The molecule has 0 bridgehead atoms. The third-order valence-electron chi connectivity index (χ3n) is 3.90. The summed E-state index contributed by atoms with van der Waals surface area (Å²) in [6.07, 6.45) is 0. The van der Waals surface area contributed by atoms with Crippen molar-refractivity contribution in [3.8, 4) is 17.6 Å². The van der Waals surface area contributed by atoms with Crippen LogP contribution in [0.1, 0.15) is 21.5 Å². The van der Waals surface area contributed by atoms with Crippen LogP contribution in [-0.4, -0.2) is 10.8 Å². The normalized spacial score (nSPS) is 10.0. The lowest BCUT2D eigenvalue weighted by molar-refractivity contribution is -0.385. The molecule has 0 atom stereocenters. The molecule has 0 aliphatic rings. The van der Waals surface area contributed by atoms with Gasteiger partial charge in [-0.1, -0.05) is 17.7 Å². The molecule has 7 heteroatoms. The van der Waals surface area contributed by atoms with Crippen molar-refractivity contribution in [2.75, 3.05) is 5.32 Å². The molecule has 0 aromatic heterocycles. The van der Waals surface area contributed by atoms with Gasteiger partial charge in [0.1, 0.15) is 5.75 Å². The van der Waals surface area contributed by atoms with Crippen molar-refractivity contribution in [3.05, 3.63) is 93.5 Å². The molecule has 0 radical (unpaired) electrons. The molecule has 28 heavy (non-hydrogen) atoms. The fourth-order valence-electron chi connectivity index (χ4n) is 2.54. The Morgan fingerprint density at radius 3 is 2.50 bits per heavy atom. The van der Waals surface area contributed by atoms with E-state index < -0.39 is 4.92 Å². The zero-order chi connectivity index (χ0) is 20.1. The van der Waals surface area contributed by atoms with Crippen molar-refractivity contribution in [2.24, 2.45) is 0 Å². The summed E-state index contributed by atoms with van der Waals surface area (Å²) >= 11 is 0. The van der Waals surface area contributed by atoms with Gasteiger partial charge in [-0.05, 0) is 55.5 Å². The summed E-state index contributed by atoms with van der Waals surface area (Å²) < 4.78 is 5.57. The van der Waals surface area contributed by atoms with E-state index in [4.69, 9.17) is 10.00 Å². The molecule has 0 fully saturated rings. The molecule has 0 aliphatic heterocycles. The molecular weight excluding hydrogens is 358 g/mol. The Morgan fingerprint density at radius 2 is 1.86 bits per heavy atom. The number of aryl methyl sites for hydroxylation is 1. The van der Waals surface area contributed by atoms with Gasteiger partial charge >= 0.3 is 5.69 Å². The molecule has 0 spiro atoms. The van der Waals surface area contributed by atoms with E-state index in [0.29, 0.717) is 17.0 Å². The summed E-state index contributed by atoms with van der Waals surface area (Å²) in [6, 6.07) is 19.5. The van der Waals surface area contributed by atoms with Crippen LogP contribution in [0.25, 0.3) is 0 Å². The van der Waals surface area contributed by atoms with Gasteiger partial charge in [-0.2, -0.15) is 5.26 Å². The highest BCUT2D eigenvalue weighted by Crippen LogP contribution is 2.32. The predicted molar refractivity (Wildman–Crippen MR) is 103 cm³/mol. The van der Waals surface area contributed by atoms with Crippen LogP contribution < -0.4 is 10.1 Å². The highest BCUT2D eigenvalue weighted by atomic mass is 16.6. The summed E-state index contributed by atoms with van der Waals surface area (Å²) in [7, 11) is 0. The fourth-order valence-corrected chi connectivity index (χ4v) is 2.54. The van der Waals surface area contributed by atoms with Gasteiger partial charge in [0, 0.05) is 17.3 Å². The fraction of sp³-hybridized carbons (Fsp3) is 0.0476. The lowest BCUT2D eigenvalue weighted by Gasteiger charge is -2.09. The van der Waals surface area contributed by atoms with Gasteiger partial charge < -0.3 is 10.1 Å². The van der Waals surface area contributed by atoms with Gasteiger partial charge in [0.2, 0.25) is 5.75 Å². The molecule has 3 aromatic rings. The minimum atomic E-state index is -0.605. The van der Waals surface area contributed by atoms with Crippen LogP contribution in [0.4, 0.5) is 11.4 Å². The number of hydrogen-bond donors (Lipinski definition) is 1. The van der Waals surface area contributed by atoms with Crippen LogP contribution in [0.15, 0.2) is 66.7 Å². The van der Waals surface area contributed by atoms with E-state index >= 15 is 0 Å². The van der Waals surface area contributed by atoms with E-state index in [1.54, 1.807) is 36.4 Å². The second kappa shape index (κ2) is 8.01. The first-order valence-electron chi connectivity index (χ1n) is 8.31. The smallest absolute Gasteiger partial charge is 0.312 e. The monoisotopic (exact) mass is 373 g/mol. The first kappa shape index (κ1) is 18.6. The van der Waals surface area contributed by atoms with Crippen LogP contribution in [-0.2, 0) is 0 Å². The zero-order valence-corrected chi connectivity index (χ0v) is 14.9. The number of nitro benzene ring substituents is 1. The lowest BCUT2D eigenvalue weighted by atomic mass is 10.1. The van der Waals surface area contributed by atoms with E-state index in [2.05, 4.69) is 5.32 Å². The molecule has 0 unspecified atom stereocenters. The van der Waals surface area contributed by atoms with Crippen LogP contribution >= 0.6 is 0 Å². The Kier molecular flexibility index (Phi) is 5.33. The number of carbonyl (C=O) groups excluding carboxylic acids is 1. The van der Waals surface area contributed by atoms with Crippen molar-refractivity contribution in [1.29, 1.82) is 5.26 Å². The molecule has 3 aromatic carbocycles. The van der Waals surface area contributed by atoms with Crippen LogP contribution in [0.5, 0.6) is 11.5 Å². The standard InChI is InChI=1S/C21H15N3O4/c1-14-3-2-4-16(11-14)21(25)23-17-6-8-18(9-7-17)28-20-10-5-15(13-22)12-19(20)24(26)27/h2-12H,1H3,(H,23,25). The van der Waals surface area contributed by atoms with Gasteiger partial charge in [-0.25, -0.2) is 0 Å². The van der Waals surface area contributed by atoms with Crippen molar-refractivity contribution in [2.45, 2.75) is 6.92 Å². The number of anilines is 1. The van der Waals surface area contributed by atoms with Crippen molar-refractivity contribution in [1.82, 2.24) is 0 Å². The Labute approximate surface area is 161 Å². The Balaban J connectivity index is 1.74. The summed E-state index contributed by atoms with van der Waals surface area (Å²) in [6.45, 7) is 1.91. The zero-order valence-electron chi connectivity index (χ0n) is 14.9. The molecule has 1 amide bonds. The van der Waals surface area contributed by atoms with E-state index in [0.717, 1.165) is 11.6 Å². The summed E-state index contributed by atoms with van der Waals surface area (Å²) in [4.78, 5) is 22.9. The number of ether oxygens (including phenoxy) is 1. The Bertz CT molecular complexity index is 1090. The van der Waals surface area contributed by atoms with Gasteiger partial charge in [0.25, 0.3) is 5.91 Å². The minimum absolute atomic E-state index is 0.0283. The van der Waals surface area contributed by atoms with Gasteiger partial charge in [0.15, 0.2) is 0 Å². The van der Waals surface area contributed by atoms with Crippen LogP contribution in [0, 0.1) is 28.4 Å². The largest absolute Gasteiger partial charge is 0.450 e. The minimum Gasteiger partial charge on any atom is -0.450 e. The maximum Gasteiger partial charge on any atom is 0.312 e. The van der Waals surface area contributed by atoms with Crippen molar-refractivity contribution >= 4 is 17.3 Å². The first-order chi connectivity index (χ1) is 13.5.